The number of hydrogen-bond acceptors (Lipinski definition) is 3. The van der Waals surface area contributed by atoms with Crippen molar-refractivity contribution < 1.29 is 9.15 Å². The summed E-state index contributed by atoms with van der Waals surface area (Å²) < 4.78 is 11.2. The maximum Gasteiger partial charge on any atom is 0.336 e. The van der Waals surface area contributed by atoms with E-state index in [0.29, 0.717) is 23.0 Å². The molecule has 4 heteroatoms. The third-order valence-corrected chi connectivity index (χ3v) is 4.77. The van der Waals surface area contributed by atoms with E-state index in [4.69, 9.17) is 20.8 Å². The molecule has 1 aromatic heterocycles. The summed E-state index contributed by atoms with van der Waals surface area (Å²) in [5, 5.41) is 1.35. The van der Waals surface area contributed by atoms with E-state index >= 15 is 0 Å². The van der Waals surface area contributed by atoms with E-state index in [-0.39, 0.29) is 11.0 Å². The van der Waals surface area contributed by atoms with E-state index < -0.39 is 0 Å². The van der Waals surface area contributed by atoms with Crippen LogP contribution in [0.15, 0.2) is 51.7 Å². The predicted molar refractivity (Wildman–Crippen MR) is 106 cm³/mol. The van der Waals surface area contributed by atoms with Crippen LogP contribution in [0.2, 0.25) is 5.02 Å². The van der Waals surface area contributed by atoms with Gasteiger partial charge in [-0.25, -0.2) is 4.79 Å². The topological polar surface area (TPSA) is 39.4 Å². The summed E-state index contributed by atoms with van der Waals surface area (Å²) in [6.07, 6.45) is 0.735. The van der Waals surface area contributed by atoms with E-state index in [0.717, 1.165) is 22.9 Å². The summed E-state index contributed by atoms with van der Waals surface area (Å²) >= 11 is 6.38. The van der Waals surface area contributed by atoms with Crippen LogP contribution in [0.4, 0.5) is 0 Å². The molecule has 0 bridgehead atoms. The molecule has 3 nitrogen and oxygen atoms in total. The molecule has 3 rings (SSSR count). The Morgan fingerprint density at radius 3 is 2.38 bits per heavy atom. The van der Waals surface area contributed by atoms with Gasteiger partial charge < -0.3 is 9.15 Å². The van der Waals surface area contributed by atoms with Gasteiger partial charge in [0.15, 0.2) is 0 Å². The zero-order valence-electron chi connectivity index (χ0n) is 15.6. The van der Waals surface area contributed by atoms with Crippen molar-refractivity contribution in [2.75, 3.05) is 0 Å². The normalized spacial score (nSPS) is 11.7. The first kappa shape index (κ1) is 18.5. The summed E-state index contributed by atoms with van der Waals surface area (Å²) in [6, 6.07) is 13.4. The molecule has 0 aliphatic rings. The van der Waals surface area contributed by atoms with Crippen molar-refractivity contribution in [3.05, 3.63) is 74.6 Å². The zero-order valence-corrected chi connectivity index (χ0v) is 16.3. The van der Waals surface area contributed by atoms with Crippen LogP contribution in [0.25, 0.3) is 11.0 Å². The van der Waals surface area contributed by atoms with Crippen LogP contribution in [0.3, 0.4) is 0 Å². The molecule has 0 saturated carbocycles. The number of fused-ring (bicyclic) bond motifs is 1. The molecule has 0 N–H and O–H groups in total. The standard InChI is InChI=1S/C22H23ClO3/c1-5-15-10-21(24)26-19-12-20(18(23)11-17(15)19)25-13-14-6-8-16(9-7-14)22(2,3)4/h6-12H,5,13H2,1-4H3. The van der Waals surface area contributed by atoms with Crippen LogP contribution in [0.1, 0.15) is 44.4 Å². The van der Waals surface area contributed by atoms with Crippen LogP contribution >= 0.6 is 11.6 Å². The lowest BCUT2D eigenvalue weighted by atomic mass is 9.87. The molecule has 0 saturated heterocycles. The Kier molecular flexibility index (Phi) is 5.10. The van der Waals surface area contributed by atoms with Crippen molar-refractivity contribution in [1.29, 1.82) is 0 Å². The van der Waals surface area contributed by atoms with Gasteiger partial charge in [0, 0.05) is 17.5 Å². The van der Waals surface area contributed by atoms with Gasteiger partial charge in [0.25, 0.3) is 0 Å². The average Bonchev–Trinajstić information content (AvgIpc) is 2.59. The second-order valence-corrected chi connectivity index (χ2v) is 7.87. The predicted octanol–water partition coefficient (Wildman–Crippen LogP) is 5.89. The third-order valence-electron chi connectivity index (χ3n) is 4.48. The third kappa shape index (κ3) is 3.94. The van der Waals surface area contributed by atoms with Crippen molar-refractivity contribution in [3.8, 4) is 5.75 Å². The molecule has 26 heavy (non-hydrogen) atoms. The minimum atomic E-state index is -0.361. The summed E-state index contributed by atoms with van der Waals surface area (Å²) in [6.45, 7) is 8.95. The molecule has 0 spiro atoms. The molecule has 136 valence electrons. The maximum atomic E-state index is 11.7. The van der Waals surface area contributed by atoms with Crippen molar-refractivity contribution >= 4 is 22.6 Å². The fourth-order valence-corrected chi connectivity index (χ4v) is 3.11. The first-order chi connectivity index (χ1) is 12.3. The Bertz CT molecular complexity index is 979. The molecule has 0 atom stereocenters. The molecular weight excluding hydrogens is 348 g/mol. The van der Waals surface area contributed by atoms with E-state index in [1.165, 1.54) is 11.6 Å². The van der Waals surface area contributed by atoms with Crippen LogP contribution in [0, 0.1) is 0 Å². The quantitative estimate of drug-likeness (QED) is 0.538. The van der Waals surface area contributed by atoms with Gasteiger partial charge in [-0.15, -0.1) is 0 Å². The lowest BCUT2D eigenvalue weighted by molar-refractivity contribution is 0.306. The summed E-state index contributed by atoms with van der Waals surface area (Å²) in [5.74, 6) is 0.510. The van der Waals surface area contributed by atoms with E-state index in [1.807, 2.05) is 6.92 Å². The van der Waals surface area contributed by atoms with E-state index in [2.05, 4.69) is 45.0 Å². The molecule has 1 heterocycles. The van der Waals surface area contributed by atoms with Crippen molar-refractivity contribution in [3.63, 3.8) is 0 Å². The molecule has 0 unspecified atom stereocenters. The molecule has 2 aromatic carbocycles. The van der Waals surface area contributed by atoms with Crippen LogP contribution in [-0.4, -0.2) is 0 Å². The van der Waals surface area contributed by atoms with Crippen LogP contribution in [0.5, 0.6) is 5.75 Å². The van der Waals surface area contributed by atoms with Crippen molar-refractivity contribution in [1.82, 2.24) is 0 Å². The molecular formula is C22H23ClO3. The minimum Gasteiger partial charge on any atom is -0.487 e. The minimum absolute atomic E-state index is 0.121. The van der Waals surface area contributed by atoms with Crippen LogP contribution in [-0.2, 0) is 18.4 Å². The number of halogens is 1. The number of rotatable bonds is 4. The lowest BCUT2D eigenvalue weighted by Crippen LogP contribution is -2.10. The van der Waals surface area contributed by atoms with Gasteiger partial charge in [0.2, 0.25) is 0 Å². The lowest BCUT2D eigenvalue weighted by Gasteiger charge is -2.19. The number of hydrogen-bond donors (Lipinski definition) is 0. The Hall–Kier alpha value is -2.26. The van der Waals surface area contributed by atoms with E-state index in [1.54, 1.807) is 12.1 Å². The Morgan fingerprint density at radius 2 is 1.77 bits per heavy atom. The fourth-order valence-electron chi connectivity index (χ4n) is 2.89. The molecule has 0 amide bonds. The molecule has 0 radical (unpaired) electrons. The Labute approximate surface area is 158 Å². The molecule has 3 aromatic rings. The van der Waals surface area contributed by atoms with Gasteiger partial charge >= 0.3 is 5.63 Å². The van der Waals surface area contributed by atoms with Crippen molar-refractivity contribution in [2.24, 2.45) is 0 Å². The van der Waals surface area contributed by atoms with E-state index in [9.17, 15) is 4.79 Å². The Balaban J connectivity index is 1.85. The Morgan fingerprint density at radius 1 is 1.08 bits per heavy atom. The fraction of sp³-hybridized carbons (Fsp3) is 0.318. The smallest absolute Gasteiger partial charge is 0.336 e. The first-order valence-corrected chi connectivity index (χ1v) is 9.14. The number of benzene rings is 2. The summed E-state index contributed by atoms with van der Waals surface area (Å²) in [4.78, 5) is 11.7. The highest BCUT2D eigenvalue weighted by Gasteiger charge is 2.13. The SMILES string of the molecule is CCc1cc(=O)oc2cc(OCc3ccc(C(C)(C)C)cc3)c(Cl)cc12. The highest BCUT2D eigenvalue weighted by molar-refractivity contribution is 6.32. The average molecular weight is 371 g/mol. The van der Waals surface area contributed by atoms with Crippen molar-refractivity contribution in [2.45, 2.75) is 46.1 Å². The van der Waals surface area contributed by atoms with Gasteiger partial charge in [0.1, 0.15) is 17.9 Å². The largest absolute Gasteiger partial charge is 0.487 e. The van der Waals surface area contributed by atoms with Gasteiger partial charge in [-0.05, 0) is 34.6 Å². The summed E-state index contributed by atoms with van der Waals surface area (Å²) in [5.41, 5.74) is 3.51. The van der Waals surface area contributed by atoms with Gasteiger partial charge in [-0.3, -0.25) is 0 Å². The second kappa shape index (κ2) is 7.16. The summed E-state index contributed by atoms with van der Waals surface area (Å²) in [7, 11) is 0. The highest BCUT2D eigenvalue weighted by Crippen LogP contribution is 2.32. The maximum absolute atomic E-state index is 11.7. The highest BCUT2D eigenvalue weighted by atomic mass is 35.5. The monoisotopic (exact) mass is 370 g/mol. The van der Waals surface area contributed by atoms with Gasteiger partial charge in [-0.2, -0.15) is 0 Å². The second-order valence-electron chi connectivity index (χ2n) is 7.46. The molecule has 0 fully saturated rings. The first-order valence-electron chi connectivity index (χ1n) is 8.76. The zero-order chi connectivity index (χ0) is 18.9. The van der Waals surface area contributed by atoms with Gasteiger partial charge in [0.05, 0.1) is 5.02 Å². The number of aryl methyl sites for hydroxylation is 1. The number of ether oxygens (including phenoxy) is 1. The van der Waals surface area contributed by atoms with Gasteiger partial charge in [-0.1, -0.05) is 63.6 Å². The van der Waals surface area contributed by atoms with Crippen LogP contribution < -0.4 is 10.4 Å². The molecule has 0 aliphatic carbocycles. The molecule has 0 aliphatic heterocycles.